The Kier molecular flexibility index (Phi) is 5.12. The monoisotopic (exact) mass is 247 g/mol. The highest BCUT2D eigenvalue weighted by Crippen LogP contribution is 2.23. The third kappa shape index (κ3) is 4.54. The topological polar surface area (TPSA) is 21.3 Å². The number of alkyl halides is 2. The summed E-state index contributed by atoms with van der Waals surface area (Å²) in [6.45, 7) is 1.02. The average Bonchev–Trinajstić information content (AvgIpc) is 2.22. The van der Waals surface area contributed by atoms with Gasteiger partial charge in [0, 0.05) is 17.8 Å². The zero-order chi connectivity index (χ0) is 12.8. The summed E-state index contributed by atoms with van der Waals surface area (Å²) in [5.41, 5.74) is 0.560. The molecule has 2 nitrogen and oxygen atoms in total. The van der Waals surface area contributed by atoms with Crippen LogP contribution < -0.4 is 10.1 Å². The summed E-state index contributed by atoms with van der Waals surface area (Å²) in [5.74, 6) is -1.23. The van der Waals surface area contributed by atoms with Crippen molar-refractivity contribution in [3.05, 3.63) is 24.0 Å². The summed E-state index contributed by atoms with van der Waals surface area (Å²) in [7, 11) is 0. The molecule has 0 heterocycles. The van der Waals surface area contributed by atoms with E-state index in [0.29, 0.717) is 5.69 Å². The van der Waals surface area contributed by atoms with Gasteiger partial charge in [-0.1, -0.05) is 13.3 Å². The molecule has 1 N–H and O–H groups in total. The Labute approximate surface area is 98.8 Å². The summed E-state index contributed by atoms with van der Waals surface area (Å²) in [4.78, 5) is 0. The minimum atomic E-state index is -3.01. The molecule has 17 heavy (non-hydrogen) atoms. The lowest BCUT2D eigenvalue weighted by molar-refractivity contribution is -0.0521. The third-order valence-corrected chi connectivity index (χ3v) is 2.28. The van der Waals surface area contributed by atoms with Gasteiger partial charge >= 0.3 is 6.61 Å². The van der Waals surface area contributed by atoms with E-state index in [1.54, 1.807) is 0 Å². The minimum absolute atomic E-state index is 0.210. The molecule has 0 radical (unpaired) electrons. The normalized spacial score (nSPS) is 12.6. The summed E-state index contributed by atoms with van der Waals surface area (Å²) < 4.78 is 41.2. The van der Waals surface area contributed by atoms with Gasteiger partial charge in [-0.25, -0.2) is 4.39 Å². The van der Waals surface area contributed by atoms with Gasteiger partial charge in [-0.2, -0.15) is 8.78 Å². The molecule has 96 valence electrons. The van der Waals surface area contributed by atoms with E-state index in [0.717, 1.165) is 18.9 Å². The van der Waals surface area contributed by atoms with E-state index in [1.165, 1.54) is 12.1 Å². The van der Waals surface area contributed by atoms with Gasteiger partial charge in [0.25, 0.3) is 0 Å². The SMILES string of the molecule is CCCC(C)Nc1ccc(OC(F)F)c(F)c1. The fourth-order valence-electron chi connectivity index (χ4n) is 1.57. The molecule has 0 aliphatic heterocycles. The first-order chi connectivity index (χ1) is 8.02. The zero-order valence-electron chi connectivity index (χ0n) is 9.84. The van der Waals surface area contributed by atoms with Gasteiger partial charge in [-0.05, 0) is 25.5 Å². The van der Waals surface area contributed by atoms with Crippen molar-refractivity contribution in [3.8, 4) is 5.75 Å². The van der Waals surface area contributed by atoms with E-state index in [2.05, 4.69) is 17.0 Å². The molecular formula is C12H16F3NO. The van der Waals surface area contributed by atoms with Crippen LogP contribution in [0.4, 0.5) is 18.9 Å². The maximum atomic E-state index is 13.3. The molecule has 1 aromatic rings. The minimum Gasteiger partial charge on any atom is -0.432 e. The molecule has 1 unspecified atom stereocenters. The van der Waals surface area contributed by atoms with E-state index in [9.17, 15) is 13.2 Å². The molecular weight excluding hydrogens is 231 g/mol. The fourth-order valence-corrected chi connectivity index (χ4v) is 1.57. The average molecular weight is 247 g/mol. The van der Waals surface area contributed by atoms with Gasteiger partial charge in [0.2, 0.25) is 0 Å². The highest BCUT2D eigenvalue weighted by atomic mass is 19.3. The van der Waals surface area contributed by atoms with Crippen molar-refractivity contribution in [3.63, 3.8) is 0 Å². The quantitative estimate of drug-likeness (QED) is 0.819. The highest BCUT2D eigenvalue weighted by molar-refractivity contribution is 5.47. The lowest BCUT2D eigenvalue weighted by Crippen LogP contribution is -2.14. The number of ether oxygens (including phenoxy) is 1. The number of hydrogen-bond acceptors (Lipinski definition) is 2. The number of nitrogens with one attached hydrogen (secondary N) is 1. The summed E-state index contributed by atoms with van der Waals surface area (Å²) in [6, 6.07) is 4.08. The lowest BCUT2D eigenvalue weighted by atomic mass is 10.2. The van der Waals surface area contributed by atoms with Crippen LogP contribution in [-0.2, 0) is 0 Å². The van der Waals surface area contributed by atoms with Crippen LogP contribution in [0, 0.1) is 5.82 Å². The van der Waals surface area contributed by atoms with Gasteiger partial charge in [0.15, 0.2) is 11.6 Å². The molecule has 0 fully saturated rings. The number of halogens is 3. The number of rotatable bonds is 6. The van der Waals surface area contributed by atoms with Gasteiger partial charge in [0.05, 0.1) is 0 Å². The Balaban J connectivity index is 2.68. The summed E-state index contributed by atoms with van der Waals surface area (Å²) >= 11 is 0. The maximum absolute atomic E-state index is 13.3. The molecule has 0 aliphatic rings. The van der Waals surface area contributed by atoms with Crippen LogP contribution in [0.2, 0.25) is 0 Å². The Morgan fingerprint density at radius 1 is 1.35 bits per heavy atom. The van der Waals surface area contributed by atoms with Crippen LogP contribution in [0.25, 0.3) is 0 Å². The predicted molar refractivity (Wildman–Crippen MR) is 61.0 cm³/mol. The second kappa shape index (κ2) is 6.37. The molecule has 0 bridgehead atoms. The van der Waals surface area contributed by atoms with E-state index < -0.39 is 18.2 Å². The Hall–Kier alpha value is -1.39. The van der Waals surface area contributed by atoms with Crippen molar-refractivity contribution < 1.29 is 17.9 Å². The van der Waals surface area contributed by atoms with Gasteiger partial charge in [0.1, 0.15) is 0 Å². The smallest absolute Gasteiger partial charge is 0.387 e. The molecule has 1 aromatic carbocycles. The van der Waals surface area contributed by atoms with Crippen molar-refractivity contribution in [1.82, 2.24) is 0 Å². The van der Waals surface area contributed by atoms with Crippen LogP contribution in [0.1, 0.15) is 26.7 Å². The first-order valence-corrected chi connectivity index (χ1v) is 5.53. The molecule has 0 amide bonds. The Morgan fingerprint density at radius 2 is 2.06 bits per heavy atom. The van der Waals surface area contributed by atoms with Crippen LogP contribution >= 0.6 is 0 Å². The predicted octanol–water partition coefficient (Wildman–Crippen LogP) is 4.03. The summed E-state index contributed by atoms with van der Waals surface area (Å²) in [6.07, 6.45) is 1.97. The number of benzene rings is 1. The number of hydrogen-bond donors (Lipinski definition) is 1. The first kappa shape index (κ1) is 13.7. The molecule has 0 aliphatic carbocycles. The number of anilines is 1. The zero-order valence-corrected chi connectivity index (χ0v) is 9.84. The third-order valence-electron chi connectivity index (χ3n) is 2.28. The lowest BCUT2D eigenvalue weighted by Gasteiger charge is -2.15. The van der Waals surface area contributed by atoms with Crippen LogP contribution in [-0.4, -0.2) is 12.7 Å². The Morgan fingerprint density at radius 3 is 2.59 bits per heavy atom. The van der Waals surface area contributed by atoms with Crippen LogP contribution in [0.5, 0.6) is 5.75 Å². The molecule has 0 saturated heterocycles. The molecule has 1 rings (SSSR count). The van der Waals surface area contributed by atoms with Gasteiger partial charge < -0.3 is 10.1 Å². The van der Waals surface area contributed by atoms with Crippen LogP contribution in [0.3, 0.4) is 0 Å². The Bertz CT molecular complexity index is 358. The second-order valence-corrected chi connectivity index (χ2v) is 3.86. The molecule has 0 spiro atoms. The van der Waals surface area contributed by atoms with E-state index in [1.807, 2.05) is 6.92 Å². The largest absolute Gasteiger partial charge is 0.432 e. The van der Waals surface area contributed by atoms with E-state index in [4.69, 9.17) is 0 Å². The summed E-state index contributed by atoms with van der Waals surface area (Å²) in [5, 5.41) is 3.08. The van der Waals surface area contributed by atoms with Crippen molar-refractivity contribution in [2.75, 3.05) is 5.32 Å². The maximum Gasteiger partial charge on any atom is 0.387 e. The van der Waals surface area contributed by atoms with Crippen molar-refractivity contribution in [2.45, 2.75) is 39.3 Å². The van der Waals surface area contributed by atoms with E-state index >= 15 is 0 Å². The highest BCUT2D eigenvalue weighted by Gasteiger charge is 2.10. The molecule has 0 saturated carbocycles. The fraction of sp³-hybridized carbons (Fsp3) is 0.500. The van der Waals surface area contributed by atoms with Gasteiger partial charge in [-0.15, -0.1) is 0 Å². The van der Waals surface area contributed by atoms with Crippen molar-refractivity contribution in [2.24, 2.45) is 0 Å². The van der Waals surface area contributed by atoms with E-state index in [-0.39, 0.29) is 6.04 Å². The second-order valence-electron chi connectivity index (χ2n) is 3.86. The first-order valence-electron chi connectivity index (χ1n) is 5.53. The molecule has 5 heteroatoms. The van der Waals surface area contributed by atoms with Gasteiger partial charge in [-0.3, -0.25) is 0 Å². The molecule has 1 atom stereocenters. The van der Waals surface area contributed by atoms with Crippen molar-refractivity contribution in [1.29, 1.82) is 0 Å². The van der Waals surface area contributed by atoms with Crippen LogP contribution in [0.15, 0.2) is 18.2 Å². The molecule has 0 aromatic heterocycles. The van der Waals surface area contributed by atoms with Crippen molar-refractivity contribution >= 4 is 5.69 Å². The standard InChI is InChI=1S/C12H16F3NO/c1-3-4-8(2)16-9-5-6-11(10(13)7-9)17-12(14)15/h5-8,12,16H,3-4H2,1-2H3.